The summed E-state index contributed by atoms with van der Waals surface area (Å²) >= 11 is 0. The number of pyridine rings is 1. The van der Waals surface area contributed by atoms with Gasteiger partial charge in [-0.3, -0.25) is 4.79 Å². The SMILES string of the molecule is COc1ccc(-c2cc(C(=O)Nc3cc(C)ccc3C)c3c(C)nn(C4CCS(=O)(=O)C4)c3n2)cc1OC. The second kappa shape index (κ2) is 9.75. The first kappa shape index (κ1) is 25.7. The van der Waals surface area contributed by atoms with Gasteiger partial charge in [0.1, 0.15) is 0 Å². The molecule has 0 spiro atoms. The molecule has 10 heteroatoms. The van der Waals surface area contributed by atoms with E-state index < -0.39 is 9.84 Å². The van der Waals surface area contributed by atoms with Gasteiger partial charge < -0.3 is 14.8 Å². The minimum Gasteiger partial charge on any atom is -0.493 e. The van der Waals surface area contributed by atoms with Crippen LogP contribution in [0.5, 0.6) is 11.5 Å². The summed E-state index contributed by atoms with van der Waals surface area (Å²) in [6, 6.07) is 12.7. The van der Waals surface area contributed by atoms with Crippen molar-refractivity contribution in [3.8, 4) is 22.8 Å². The molecular weight excluding hydrogens is 504 g/mol. The van der Waals surface area contributed by atoms with E-state index in [-0.39, 0.29) is 23.5 Å². The molecule has 1 N–H and O–H groups in total. The van der Waals surface area contributed by atoms with Gasteiger partial charge in [0.15, 0.2) is 27.0 Å². The Hall–Kier alpha value is -3.92. The lowest BCUT2D eigenvalue weighted by Gasteiger charge is -2.14. The minimum atomic E-state index is -3.16. The first-order valence-electron chi connectivity index (χ1n) is 12.3. The van der Waals surface area contributed by atoms with Gasteiger partial charge in [0.05, 0.1) is 54.1 Å². The molecule has 5 rings (SSSR count). The Bertz CT molecular complexity index is 1680. The van der Waals surface area contributed by atoms with E-state index >= 15 is 0 Å². The molecule has 9 nitrogen and oxygen atoms in total. The van der Waals surface area contributed by atoms with E-state index in [1.54, 1.807) is 37.1 Å². The van der Waals surface area contributed by atoms with Gasteiger partial charge in [0.25, 0.3) is 5.91 Å². The zero-order chi connectivity index (χ0) is 27.2. The highest BCUT2D eigenvalue weighted by Crippen LogP contribution is 2.35. The summed E-state index contributed by atoms with van der Waals surface area (Å²) in [5, 5.41) is 8.33. The number of ether oxygens (including phenoxy) is 2. The van der Waals surface area contributed by atoms with Crippen molar-refractivity contribution in [3.63, 3.8) is 0 Å². The predicted octanol–water partition coefficient (Wildman–Crippen LogP) is 4.65. The highest BCUT2D eigenvalue weighted by atomic mass is 32.2. The van der Waals surface area contributed by atoms with Crippen LogP contribution in [0.1, 0.15) is 39.6 Å². The van der Waals surface area contributed by atoms with Crippen LogP contribution in [0, 0.1) is 20.8 Å². The summed E-state index contributed by atoms with van der Waals surface area (Å²) in [6.07, 6.45) is 0.449. The predicted molar refractivity (Wildman–Crippen MR) is 147 cm³/mol. The van der Waals surface area contributed by atoms with Crippen molar-refractivity contribution in [2.75, 3.05) is 31.0 Å². The number of amides is 1. The number of aromatic nitrogens is 3. The maximum absolute atomic E-state index is 13.8. The molecule has 0 bridgehead atoms. The normalized spacial score (nSPS) is 16.5. The van der Waals surface area contributed by atoms with Crippen LogP contribution >= 0.6 is 0 Å². The monoisotopic (exact) mass is 534 g/mol. The minimum absolute atomic E-state index is 0.00446. The standard InChI is InChI=1S/C28H30N4O5S/c1-16-6-7-17(2)22(12-16)30-28(33)21-14-23(19-8-9-24(36-4)25(13-19)37-5)29-27-26(21)18(3)31-32(27)20-10-11-38(34,35)15-20/h6-9,12-14,20H,10-11,15H2,1-5H3,(H,30,33). The number of anilines is 1. The molecule has 0 aliphatic carbocycles. The van der Waals surface area contributed by atoms with Crippen LogP contribution in [0.4, 0.5) is 5.69 Å². The molecule has 1 unspecified atom stereocenters. The molecule has 0 saturated carbocycles. The second-order valence-electron chi connectivity index (χ2n) is 9.68. The van der Waals surface area contributed by atoms with Gasteiger partial charge in [-0.25, -0.2) is 18.1 Å². The number of sulfone groups is 1. The fraction of sp³-hybridized carbons (Fsp3) is 0.321. The lowest BCUT2D eigenvalue weighted by Crippen LogP contribution is -2.15. The third-order valence-corrected chi connectivity index (χ3v) is 8.71. The third-order valence-electron chi connectivity index (χ3n) is 6.96. The highest BCUT2D eigenvalue weighted by molar-refractivity contribution is 7.91. The van der Waals surface area contributed by atoms with Crippen molar-refractivity contribution in [1.82, 2.24) is 14.8 Å². The molecule has 2 aromatic heterocycles. The molecule has 4 aromatic rings. The van der Waals surface area contributed by atoms with Crippen molar-refractivity contribution in [1.29, 1.82) is 0 Å². The van der Waals surface area contributed by atoms with Gasteiger partial charge in [-0.15, -0.1) is 0 Å². The molecule has 1 fully saturated rings. The van der Waals surface area contributed by atoms with Crippen molar-refractivity contribution < 1.29 is 22.7 Å². The molecule has 1 aliphatic heterocycles. The van der Waals surface area contributed by atoms with Gasteiger partial charge in [-0.1, -0.05) is 12.1 Å². The third kappa shape index (κ3) is 4.71. The zero-order valence-electron chi connectivity index (χ0n) is 22.0. The smallest absolute Gasteiger partial charge is 0.256 e. The second-order valence-corrected chi connectivity index (χ2v) is 11.9. The number of rotatable bonds is 6. The Balaban J connectivity index is 1.70. The number of aryl methyl sites for hydroxylation is 3. The van der Waals surface area contributed by atoms with Gasteiger partial charge in [0, 0.05) is 11.3 Å². The number of benzene rings is 2. The molecule has 0 radical (unpaired) electrons. The number of nitrogens with one attached hydrogen (secondary N) is 1. The molecule has 3 heterocycles. The average molecular weight is 535 g/mol. The zero-order valence-corrected chi connectivity index (χ0v) is 22.8. The van der Waals surface area contributed by atoms with E-state index in [1.807, 2.05) is 45.0 Å². The lowest BCUT2D eigenvalue weighted by atomic mass is 10.0. The number of hydrogen-bond donors (Lipinski definition) is 1. The molecule has 1 atom stereocenters. The summed E-state index contributed by atoms with van der Waals surface area (Å²) in [4.78, 5) is 18.7. The van der Waals surface area contributed by atoms with Crippen LogP contribution in [0.15, 0.2) is 42.5 Å². The first-order chi connectivity index (χ1) is 18.1. The average Bonchev–Trinajstić information content (AvgIpc) is 3.43. The fourth-order valence-corrected chi connectivity index (χ4v) is 6.61. The van der Waals surface area contributed by atoms with Crippen LogP contribution in [-0.2, 0) is 9.84 Å². The maximum Gasteiger partial charge on any atom is 0.256 e. The van der Waals surface area contributed by atoms with Crippen molar-refractivity contribution >= 4 is 32.5 Å². The van der Waals surface area contributed by atoms with E-state index in [2.05, 4.69) is 10.4 Å². The molecule has 2 aromatic carbocycles. The van der Waals surface area contributed by atoms with Gasteiger partial charge in [-0.05, 0) is 68.7 Å². The van der Waals surface area contributed by atoms with E-state index in [1.165, 1.54) is 0 Å². The van der Waals surface area contributed by atoms with Crippen molar-refractivity contribution in [2.24, 2.45) is 0 Å². The molecule has 38 heavy (non-hydrogen) atoms. The van der Waals surface area contributed by atoms with Crippen molar-refractivity contribution in [2.45, 2.75) is 33.2 Å². The maximum atomic E-state index is 13.8. The Morgan fingerprint density at radius 3 is 2.47 bits per heavy atom. The summed E-state index contributed by atoms with van der Waals surface area (Å²) in [5.41, 5.74) is 5.44. The van der Waals surface area contributed by atoms with Crippen molar-refractivity contribution in [3.05, 3.63) is 64.8 Å². The topological polar surface area (TPSA) is 112 Å². The van der Waals surface area contributed by atoms with E-state index in [9.17, 15) is 13.2 Å². The number of hydrogen-bond acceptors (Lipinski definition) is 7. The van der Waals surface area contributed by atoms with Gasteiger partial charge in [0.2, 0.25) is 0 Å². The Labute approximate surface area is 221 Å². The molecule has 1 aliphatic rings. The first-order valence-corrected chi connectivity index (χ1v) is 14.1. The van der Waals surface area contributed by atoms with Crippen LogP contribution in [0.3, 0.4) is 0 Å². The number of nitrogens with zero attached hydrogens (tertiary/aromatic N) is 3. The summed E-state index contributed by atoms with van der Waals surface area (Å²) in [5.74, 6) is 0.903. The summed E-state index contributed by atoms with van der Waals surface area (Å²) < 4.78 is 37.1. The van der Waals surface area contributed by atoms with E-state index in [0.29, 0.717) is 45.9 Å². The van der Waals surface area contributed by atoms with Crippen LogP contribution in [0.2, 0.25) is 0 Å². The lowest BCUT2D eigenvalue weighted by molar-refractivity contribution is 0.102. The van der Waals surface area contributed by atoms with Gasteiger partial charge in [-0.2, -0.15) is 5.10 Å². The molecular formula is C28H30N4O5S. The quantitative estimate of drug-likeness (QED) is 0.383. The number of carbonyl (C=O) groups excluding carboxylic acids is 1. The Kier molecular flexibility index (Phi) is 6.60. The number of fused-ring (bicyclic) bond motifs is 1. The Morgan fingerprint density at radius 1 is 1.03 bits per heavy atom. The van der Waals surface area contributed by atoms with Crippen LogP contribution in [0.25, 0.3) is 22.3 Å². The molecule has 1 amide bonds. The largest absolute Gasteiger partial charge is 0.493 e. The number of carbonyl (C=O) groups is 1. The fourth-order valence-electron chi connectivity index (χ4n) is 4.92. The molecule has 1 saturated heterocycles. The summed E-state index contributed by atoms with van der Waals surface area (Å²) in [6.45, 7) is 5.73. The van der Waals surface area contributed by atoms with Crippen LogP contribution < -0.4 is 14.8 Å². The summed E-state index contributed by atoms with van der Waals surface area (Å²) in [7, 11) is -0.0365. The Morgan fingerprint density at radius 2 is 1.79 bits per heavy atom. The van der Waals surface area contributed by atoms with Gasteiger partial charge >= 0.3 is 0 Å². The highest BCUT2D eigenvalue weighted by Gasteiger charge is 2.32. The van der Waals surface area contributed by atoms with E-state index in [4.69, 9.17) is 14.5 Å². The van der Waals surface area contributed by atoms with Crippen LogP contribution in [-0.4, -0.2) is 54.8 Å². The molecule has 198 valence electrons. The van der Waals surface area contributed by atoms with E-state index in [0.717, 1.165) is 22.4 Å². The number of methoxy groups -OCH3 is 2.